The van der Waals surface area contributed by atoms with Crippen molar-refractivity contribution in [3.63, 3.8) is 0 Å². The Morgan fingerprint density at radius 3 is 1.71 bits per heavy atom. The number of carbonyl (C=O) groups is 11. The van der Waals surface area contributed by atoms with Crippen LogP contribution >= 0.6 is 0 Å². The van der Waals surface area contributed by atoms with Crippen LogP contribution in [0, 0.1) is 28.6 Å². The Morgan fingerprint density at radius 2 is 1.18 bits per heavy atom. The van der Waals surface area contributed by atoms with Gasteiger partial charge in [-0.25, -0.2) is 0 Å². The molecule has 22 N–H and O–H groups in total. The number of guanidine groups is 1. The van der Waals surface area contributed by atoms with E-state index in [0.29, 0.717) is 0 Å². The van der Waals surface area contributed by atoms with Crippen molar-refractivity contribution in [2.24, 2.45) is 56.5 Å². The van der Waals surface area contributed by atoms with E-state index in [1.165, 1.54) is 45.0 Å². The molecule has 0 bridgehead atoms. The Morgan fingerprint density at radius 1 is 0.652 bits per heavy atom. The van der Waals surface area contributed by atoms with Crippen LogP contribution in [0.5, 0.6) is 0 Å². The summed E-state index contributed by atoms with van der Waals surface area (Å²) in [6, 6.07) is -10.3. The molecule has 1 fully saturated rings. The summed E-state index contributed by atoms with van der Waals surface area (Å²) < 4.78 is 0. The van der Waals surface area contributed by atoms with Gasteiger partial charge in [0.2, 0.25) is 65.0 Å². The van der Waals surface area contributed by atoms with E-state index in [9.17, 15) is 63.3 Å². The van der Waals surface area contributed by atoms with E-state index in [1.807, 2.05) is 20.8 Å². The van der Waals surface area contributed by atoms with Gasteiger partial charge in [-0.15, -0.1) is 0 Å². The van der Waals surface area contributed by atoms with Crippen LogP contribution in [0.15, 0.2) is 35.3 Å². The number of nitrogens with one attached hydrogen (secondary N) is 11. The number of nitrogens with two attached hydrogens (primary N) is 4. The van der Waals surface area contributed by atoms with E-state index in [2.05, 4.69) is 63.5 Å². The predicted molar refractivity (Wildman–Crippen MR) is 331 cm³/mol. The van der Waals surface area contributed by atoms with Gasteiger partial charge in [-0.2, -0.15) is 0 Å². The number of benzene rings is 1. The van der Waals surface area contributed by atoms with Gasteiger partial charge >= 0.3 is 0 Å². The van der Waals surface area contributed by atoms with Crippen LogP contribution in [0.3, 0.4) is 0 Å². The normalized spacial score (nSPS) is 24.8. The molecule has 1 aliphatic rings. The number of hydrogen-bond acceptors (Lipinski definition) is 17. The van der Waals surface area contributed by atoms with Gasteiger partial charge in [-0.3, -0.25) is 57.7 Å². The Balaban J connectivity index is 3.09. The fourth-order valence-corrected chi connectivity index (χ4v) is 9.45. The molecule has 0 aliphatic carbocycles. The van der Waals surface area contributed by atoms with E-state index in [0.717, 1.165) is 0 Å². The zero-order valence-electron chi connectivity index (χ0n) is 53.8. The van der Waals surface area contributed by atoms with E-state index in [1.54, 1.807) is 54.5 Å². The number of hydrogen-bond donors (Lipinski definition) is 18. The molecule has 0 saturated carbocycles. The summed E-state index contributed by atoms with van der Waals surface area (Å²) in [5.74, 6) is -13.3. The quantitative estimate of drug-likeness (QED) is 0.0336. The fourth-order valence-electron chi connectivity index (χ4n) is 9.45. The smallest absolute Gasteiger partial charge is 0.245 e. The van der Waals surface area contributed by atoms with Gasteiger partial charge in [0.15, 0.2) is 5.96 Å². The number of carbonyl (C=O) groups excluding carboxylic acids is 11. The molecule has 1 aromatic rings. The summed E-state index contributed by atoms with van der Waals surface area (Å²) in [6.45, 7) is 19.4. The molecule has 502 valence electrons. The monoisotopic (exact) mass is 1260 g/mol. The summed E-state index contributed by atoms with van der Waals surface area (Å²) in [4.78, 5) is 162. The molecule has 89 heavy (non-hydrogen) atoms. The van der Waals surface area contributed by atoms with Gasteiger partial charge in [0.1, 0.15) is 54.4 Å². The Hall–Kier alpha value is -7.54. The summed E-state index contributed by atoms with van der Waals surface area (Å²) in [5, 5.41) is 61.1. The number of rotatable bonds is 20. The molecule has 1 aliphatic heterocycles. The van der Waals surface area contributed by atoms with Crippen LogP contribution in [0.25, 0.3) is 0 Å². The molecule has 0 radical (unpaired) electrons. The molecular weight excluding hydrogens is 1160 g/mol. The standard InChI is InChI=1S/C59H102N16O14/c1-14-31(6)41-54(87)72-42(32(7)77)53(86)65-27-40(78)66-38(26-60)51(84)70-39(28-76)52(85)73-43(33-19-16-15-17-20-33)44(74-50(83)37(25-59(11,12)13)69-47(80)34(61)24-58(8,9)10)55(88)75-45(46(79)30(4)5)56(89)68-36(23-29(2)3)49(82)67-35(48(81)71-41)21-18-22-64-57(62)63/h15-17,19-20,29-32,34-39,41-46,76-77,79H,14,18,21-28,60-61H2,1-13H3,(H,65,86)(H,66,78)(H,67,82)(H,68,89)(H,69,80)(H,70,84)(H,71,81)(H,72,87)(H,73,85)(H,74,83)(H,75,88)(H4,62,63,64)/t31-,32-,34+,35+,36-,37-,38-,39?,41-,42-,43+,44-,45-,46+/m0/s1. The topological polar surface area (TPSA) is 497 Å². The molecule has 1 aromatic carbocycles. The first-order valence-electron chi connectivity index (χ1n) is 30.2. The lowest BCUT2D eigenvalue weighted by Gasteiger charge is -2.35. The van der Waals surface area contributed by atoms with E-state index in [-0.39, 0.29) is 62.5 Å². The van der Waals surface area contributed by atoms with Crippen LogP contribution in [-0.2, 0) is 52.7 Å². The van der Waals surface area contributed by atoms with Gasteiger partial charge in [-0.05, 0) is 73.2 Å². The van der Waals surface area contributed by atoms with Crippen molar-refractivity contribution in [1.29, 1.82) is 0 Å². The minimum atomic E-state index is -2.01. The molecule has 1 heterocycles. The van der Waals surface area contributed by atoms with Crippen molar-refractivity contribution in [3.8, 4) is 0 Å². The molecule has 0 spiro atoms. The number of amides is 11. The summed E-state index contributed by atoms with van der Waals surface area (Å²) in [6.07, 6.45) is -3.08. The molecule has 11 amide bonds. The Kier molecular flexibility index (Phi) is 31.5. The number of nitrogens with zero attached hydrogens (tertiary/aromatic N) is 1. The second kappa shape index (κ2) is 36.2. The van der Waals surface area contributed by atoms with Crippen molar-refractivity contribution >= 4 is 70.9 Å². The molecular formula is C59H102N16O14. The van der Waals surface area contributed by atoms with E-state index >= 15 is 4.79 Å². The average molecular weight is 1260 g/mol. The number of aliphatic imine (C=N–C) groups is 1. The summed E-state index contributed by atoms with van der Waals surface area (Å²) in [5.41, 5.74) is 22.4. The van der Waals surface area contributed by atoms with E-state index in [4.69, 9.17) is 22.9 Å². The highest BCUT2D eigenvalue weighted by Crippen LogP contribution is 2.25. The molecule has 30 nitrogen and oxygen atoms in total. The van der Waals surface area contributed by atoms with Gasteiger partial charge in [-0.1, -0.05) is 120 Å². The maximum Gasteiger partial charge on any atom is 0.245 e. The maximum absolute atomic E-state index is 15.4. The fraction of sp³-hybridized carbons (Fsp3) is 0.695. The third kappa shape index (κ3) is 26.6. The predicted octanol–water partition coefficient (Wildman–Crippen LogP) is -3.97. The van der Waals surface area contributed by atoms with Crippen LogP contribution < -0.4 is 81.4 Å². The van der Waals surface area contributed by atoms with Crippen molar-refractivity contribution in [2.45, 2.75) is 207 Å². The Labute approximate surface area is 521 Å². The second-order valence-electron chi connectivity index (χ2n) is 25.9. The summed E-state index contributed by atoms with van der Waals surface area (Å²) >= 11 is 0. The molecule has 30 heteroatoms. The lowest BCUT2D eigenvalue weighted by Crippen LogP contribution is -2.65. The van der Waals surface area contributed by atoms with Crippen molar-refractivity contribution in [1.82, 2.24) is 58.5 Å². The van der Waals surface area contributed by atoms with Crippen LogP contribution in [-0.4, -0.2) is 185 Å². The zero-order chi connectivity index (χ0) is 67.8. The molecule has 14 atom stereocenters. The first-order valence-corrected chi connectivity index (χ1v) is 30.2. The van der Waals surface area contributed by atoms with Gasteiger partial charge < -0.3 is 96.7 Å². The lowest BCUT2D eigenvalue weighted by atomic mass is 9.86. The lowest BCUT2D eigenvalue weighted by molar-refractivity contribution is -0.139. The summed E-state index contributed by atoms with van der Waals surface area (Å²) in [7, 11) is 0. The Bertz CT molecular complexity index is 2590. The average Bonchev–Trinajstić information content (AvgIpc) is 1.77. The SMILES string of the molecule is CC[C@H](C)[C@@H]1NC(=O)[C@@H](CCCN=C(N)N)NC(=O)[C@H](CC(C)C)NC(=O)[C@H]([C@H](O)C(C)C)NC(=O)[C@@H](NC(=O)[C@H](CC(C)(C)C)NC(=O)[C@H](N)CC(C)(C)C)[C@@H](c2ccccc2)NC(=O)C(CO)NC(=O)[C@H](CN)NC(=O)CNC(=O)[C@H]([C@H](C)O)NC1=O. The third-order valence-electron chi connectivity index (χ3n) is 14.5. The molecule has 2 rings (SSSR count). The third-order valence-corrected chi connectivity index (χ3v) is 14.5. The van der Waals surface area contributed by atoms with Crippen LogP contribution in [0.1, 0.15) is 140 Å². The highest BCUT2D eigenvalue weighted by atomic mass is 16.3. The van der Waals surface area contributed by atoms with Crippen molar-refractivity contribution in [3.05, 3.63) is 35.9 Å². The maximum atomic E-state index is 15.4. The highest BCUT2D eigenvalue weighted by Gasteiger charge is 2.42. The van der Waals surface area contributed by atoms with Crippen LogP contribution in [0.2, 0.25) is 0 Å². The second-order valence-corrected chi connectivity index (χ2v) is 25.9. The first-order chi connectivity index (χ1) is 41.3. The number of aliphatic hydroxyl groups excluding tert-OH is 3. The first kappa shape index (κ1) is 77.6. The highest BCUT2D eigenvalue weighted by molar-refractivity contribution is 6.00. The van der Waals surface area contributed by atoms with E-state index < -0.39 is 186 Å². The van der Waals surface area contributed by atoms with Gasteiger partial charge in [0.05, 0.1) is 37.4 Å². The minimum Gasteiger partial charge on any atom is -0.394 e. The van der Waals surface area contributed by atoms with Crippen LogP contribution in [0.4, 0.5) is 0 Å². The van der Waals surface area contributed by atoms with Gasteiger partial charge in [0, 0.05) is 13.1 Å². The molecule has 1 saturated heterocycles. The van der Waals surface area contributed by atoms with Gasteiger partial charge in [0.25, 0.3) is 0 Å². The van der Waals surface area contributed by atoms with Crippen molar-refractivity contribution in [2.75, 3.05) is 26.2 Å². The van der Waals surface area contributed by atoms with Crippen molar-refractivity contribution < 1.29 is 68.1 Å². The molecule has 1 unspecified atom stereocenters. The minimum absolute atomic E-state index is 0.0169. The largest absolute Gasteiger partial charge is 0.394 e. The molecule has 0 aromatic heterocycles. The number of aliphatic hydroxyl groups is 3. The zero-order valence-corrected chi connectivity index (χ0v) is 53.8.